The molecule has 3 saturated heterocycles. The van der Waals surface area contributed by atoms with E-state index in [0.29, 0.717) is 32.0 Å². The first kappa shape index (κ1) is 38.6. The molecule has 1 saturated carbocycles. The maximum Gasteiger partial charge on any atom is 0.418 e. The molecule has 13 heteroatoms. The lowest BCUT2D eigenvalue weighted by Gasteiger charge is -2.56. The van der Waals surface area contributed by atoms with Crippen LogP contribution < -0.4 is 11.1 Å². The predicted molar refractivity (Wildman–Crippen MR) is 194 cm³/mol. The first-order valence-corrected chi connectivity index (χ1v) is 19.3. The lowest BCUT2D eigenvalue weighted by Crippen LogP contribution is -2.54. The lowest BCUT2D eigenvalue weighted by atomic mass is 9.50. The second-order valence-electron chi connectivity index (χ2n) is 16.0. The van der Waals surface area contributed by atoms with Crippen molar-refractivity contribution in [1.82, 2.24) is 20.0 Å². The number of piperidine rings is 2. The number of hydrogen-bond donors (Lipinski definition) is 2. The number of ether oxygens (including phenoxy) is 1. The Hall–Kier alpha value is -3.09. The molecule has 3 aliphatic heterocycles. The van der Waals surface area contributed by atoms with Crippen molar-refractivity contribution in [3.05, 3.63) is 52.2 Å². The van der Waals surface area contributed by atoms with Crippen LogP contribution in [0.15, 0.2) is 36.1 Å². The summed E-state index contributed by atoms with van der Waals surface area (Å²) in [5.74, 6) is -0.639. The maximum atomic E-state index is 14.0. The number of nitrogens with zero attached hydrogens (tertiary/aromatic N) is 3. The summed E-state index contributed by atoms with van der Waals surface area (Å²) in [5, 5.41) is 2.83. The van der Waals surface area contributed by atoms with Crippen molar-refractivity contribution in [2.24, 2.45) is 16.7 Å². The monoisotopic (exact) mass is 747 g/mol. The second-order valence-corrected chi connectivity index (χ2v) is 16.4. The number of hydrogen-bond acceptors (Lipinski definition) is 7. The molecule has 52 heavy (non-hydrogen) atoms. The fourth-order valence-electron chi connectivity index (χ4n) is 9.43. The molecule has 1 aromatic carbocycles. The van der Waals surface area contributed by atoms with Crippen molar-refractivity contribution in [3.8, 4) is 0 Å². The number of likely N-dealkylation sites (N-methyl/N-ethyl adjacent to an activating group) is 1. The van der Waals surface area contributed by atoms with E-state index in [1.807, 2.05) is 12.2 Å². The van der Waals surface area contributed by atoms with Gasteiger partial charge in [0.2, 0.25) is 5.91 Å². The fourth-order valence-corrected chi connectivity index (χ4v) is 9.68. The van der Waals surface area contributed by atoms with Gasteiger partial charge in [0.1, 0.15) is 0 Å². The maximum absolute atomic E-state index is 14.0. The molecule has 2 atom stereocenters. The van der Waals surface area contributed by atoms with Crippen LogP contribution in [0.3, 0.4) is 0 Å². The zero-order chi connectivity index (χ0) is 37.3. The number of fused-ring (bicyclic) bond motifs is 2. The van der Waals surface area contributed by atoms with E-state index in [1.54, 1.807) is 4.90 Å². The number of nitrogens with one attached hydrogen (secondary N) is 1. The predicted octanol–water partition coefficient (Wildman–Crippen LogP) is 6.35. The zero-order valence-corrected chi connectivity index (χ0v) is 31.2. The molecule has 3 N–H and O–H groups in total. The van der Waals surface area contributed by atoms with Gasteiger partial charge >= 0.3 is 12.1 Å². The smallest absolute Gasteiger partial charge is 0.418 e. The number of esters is 1. The minimum absolute atomic E-state index is 0.0560. The number of carbonyl (C=O) groups is 3. The van der Waals surface area contributed by atoms with E-state index in [2.05, 4.69) is 35.2 Å². The number of nitrogens with two attached hydrogens (primary N) is 1. The summed E-state index contributed by atoms with van der Waals surface area (Å²) in [6.07, 6.45) is 8.09. The van der Waals surface area contributed by atoms with Gasteiger partial charge in [-0.3, -0.25) is 19.3 Å². The fraction of sp³-hybridized carbons (Fsp3) is 0.667. The Kier molecular flexibility index (Phi) is 11.7. The van der Waals surface area contributed by atoms with E-state index in [-0.39, 0.29) is 46.1 Å². The number of benzene rings is 1. The van der Waals surface area contributed by atoms with Crippen LogP contribution in [0.4, 0.5) is 18.9 Å². The van der Waals surface area contributed by atoms with E-state index < -0.39 is 35.4 Å². The first-order chi connectivity index (χ1) is 24.7. The van der Waals surface area contributed by atoms with Crippen molar-refractivity contribution in [2.45, 2.75) is 102 Å². The minimum Gasteiger partial charge on any atom is -0.452 e. The van der Waals surface area contributed by atoms with Crippen LogP contribution >= 0.6 is 11.6 Å². The summed E-state index contributed by atoms with van der Waals surface area (Å²) in [7, 11) is 2.13. The molecule has 1 aromatic rings. The highest BCUT2D eigenvalue weighted by atomic mass is 35.5. The molecule has 4 fully saturated rings. The van der Waals surface area contributed by atoms with Crippen LogP contribution in [-0.2, 0) is 31.7 Å². The van der Waals surface area contributed by atoms with Gasteiger partial charge in [-0.2, -0.15) is 13.2 Å². The van der Waals surface area contributed by atoms with Crippen LogP contribution in [0, 0.1) is 16.7 Å². The van der Waals surface area contributed by atoms with Crippen molar-refractivity contribution in [1.29, 1.82) is 0 Å². The molecule has 1 unspecified atom stereocenters. The highest BCUT2D eigenvalue weighted by molar-refractivity contribution is 6.33. The van der Waals surface area contributed by atoms with E-state index in [1.165, 1.54) is 6.07 Å². The van der Waals surface area contributed by atoms with Gasteiger partial charge in [-0.25, -0.2) is 0 Å². The molecular weight excluding hydrogens is 695 g/mol. The molecule has 0 bridgehead atoms. The SMILES string of the molecule is CN1CCCN(C2CCN(C(=O)[C@@H](Cc3cc(Cl)c(N)c(C(F)(F)F)c3)OC(=O)CCC3CCC4(CC3)CC(=O)NC3=CC=CCC34C)CC2)CC1. The molecule has 0 radical (unpaired) electrons. The number of nitrogen functional groups attached to an aromatic ring is 1. The summed E-state index contributed by atoms with van der Waals surface area (Å²) < 4.78 is 47.4. The summed E-state index contributed by atoms with van der Waals surface area (Å²) in [6, 6.07) is 2.55. The molecule has 0 aromatic heterocycles. The minimum atomic E-state index is -4.74. The molecule has 9 nitrogen and oxygen atoms in total. The van der Waals surface area contributed by atoms with Crippen molar-refractivity contribution in [3.63, 3.8) is 0 Å². The van der Waals surface area contributed by atoms with Gasteiger partial charge in [0.05, 0.1) is 16.3 Å². The molecule has 286 valence electrons. The molecule has 2 amide bonds. The van der Waals surface area contributed by atoms with Gasteiger partial charge in [-0.15, -0.1) is 0 Å². The van der Waals surface area contributed by atoms with Gasteiger partial charge in [-0.05, 0) is 113 Å². The molecular formula is C39H53ClF3N5O4. The van der Waals surface area contributed by atoms with Crippen molar-refractivity contribution < 1.29 is 32.3 Å². The van der Waals surface area contributed by atoms with Gasteiger partial charge in [-0.1, -0.05) is 30.7 Å². The number of amides is 2. The molecule has 6 rings (SSSR count). The Morgan fingerprint density at radius 2 is 1.81 bits per heavy atom. The third kappa shape index (κ3) is 8.34. The summed E-state index contributed by atoms with van der Waals surface area (Å²) in [6.45, 7) is 7.24. The lowest BCUT2D eigenvalue weighted by molar-refractivity contribution is -0.161. The largest absolute Gasteiger partial charge is 0.452 e. The Labute approximate surface area is 310 Å². The highest BCUT2D eigenvalue weighted by Gasteiger charge is 2.55. The second kappa shape index (κ2) is 15.7. The Bertz CT molecular complexity index is 1570. The summed E-state index contributed by atoms with van der Waals surface area (Å²) in [4.78, 5) is 46.6. The molecule has 3 heterocycles. The van der Waals surface area contributed by atoms with Crippen LogP contribution in [0.1, 0.15) is 88.7 Å². The van der Waals surface area contributed by atoms with Gasteiger partial charge in [0, 0.05) is 62.6 Å². The number of allylic oxidation sites excluding steroid dienone is 4. The highest BCUT2D eigenvalue weighted by Crippen LogP contribution is 2.60. The summed E-state index contributed by atoms with van der Waals surface area (Å²) in [5.41, 5.74) is 4.86. The summed E-state index contributed by atoms with van der Waals surface area (Å²) >= 11 is 6.13. The molecule has 1 spiro atoms. The van der Waals surface area contributed by atoms with Gasteiger partial charge in [0.25, 0.3) is 5.91 Å². The number of likely N-dealkylation sites (tertiary alicyclic amines) is 1. The average Bonchev–Trinajstić information content (AvgIpc) is 3.33. The topological polar surface area (TPSA) is 108 Å². The van der Waals surface area contributed by atoms with Crippen molar-refractivity contribution in [2.75, 3.05) is 52.0 Å². The van der Waals surface area contributed by atoms with E-state index >= 15 is 0 Å². The quantitative estimate of drug-likeness (QED) is 0.236. The molecule has 2 aliphatic carbocycles. The van der Waals surface area contributed by atoms with E-state index in [4.69, 9.17) is 22.1 Å². The average molecular weight is 748 g/mol. The first-order valence-electron chi connectivity index (χ1n) is 18.9. The standard InChI is InChI=1S/C39H53ClF3N5O4/c1-37-13-4-3-6-32(37)45-33(49)25-38(37)14-9-26(10-15-38)7-8-34(50)52-31(24-27-22-29(39(41,42)43)35(44)30(40)23-27)36(51)48-18-11-28(12-19-48)47-17-5-16-46(2)20-21-47/h3-4,6,22-23,26,28,31H,5,7-21,24-25,44H2,1-2H3,(H,45,49)/t26?,31-,37?,38?/m1/s1. The normalized spacial score (nSPS) is 28.5. The Morgan fingerprint density at radius 1 is 1.08 bits per heavy atom. The van der Waals surface area contributed by atoms with Crippen molar-refractivity contribution >= 4 is 35.1 Å². The van der Waals surface area contributed by atoms with Crippen LogP contribution in [-0.4, -0.2) is 90.9 Å². The number of alkyl halides is 3. The van der Waals surface area contributed by atoms with Crippen LogP contribution in [0.5, 0.6) is 0 Å². The number of anilines is 1. The van der Waals surface area contributed by atoms with E-state index in [9.17, 15) is 27.6 Å². The third-order valence-electron chi connectivity index (χ3n) is 12.8. The zero-order valence-electron chi connectivity index (χ0n) is 30.4. The van der Waals surface area contributed by atoms with Crippen LogP contribution in [0.25, 0.3) is 0 Å². The Balaban J connectivity index is 1.10. The van der Waals surface area contributed by atoms with Crippen LogP contribution in [0.2, 0.25) is 5.02 Å². The number of halogens is 4. The van der Waals surface area contributed by atoms with E-state index in [0.717, 1.165) is 89.3 Å². The van der Waals surface area contributed by atoms with Gasteiger partial charge < -0.3 is 25.6 Å². The number of carbonyl (C=O) groups excluding carboxylic acids is 3. The third-order valence-corrected chi connectivity index (χ3v) is 13.1. The Morgan fingerprint density at radius 3 is 2.52 bits per heavy atom. The van der Waals surface area contributed by atoms with Gasteiger partial charge in [0.15, 0.2) is 6.10 Å². The molecule has 5 aliphatic rings. The number of rotatable bonds is 8.